The number of hydrogen-bond acceptors (Lipinski definition) is 25. The topological polar surface area (TPSA) is 495 Å². The van der Waals surface area contributed by atoms with E-state index in [9.17, 15) is 124 Å². The fourth-order valence-corrected chi connectivity index (χ4v) is 14.1. The normalized spacial score (nSPS) is 32.7. The Morgan fingerprint density at radius 1 is 0.381 bits per heavy atom. The summed E-state index contributed by atoms with van der Waals surface area (Å²) in [7, 11) is 0. The molecule has 0 saturated heterocycles. The number of carbonyl (C=O) groups is 8. The number of aliphatic hydroxyl groups is 8. The first-order chi connectivity index (χ1) is 44.6. The predicted molar refractivity (Wildman–Crippen MR) is 336 cm³/mol. The van der Waals surface area contributed by atoms with Gasteiger partial charge < -0.3 is 40.9 Å². The molecule has 0 aromatic heterocycles. The van der Waals surface area contributed by atoms with Crippen LogP contribution in [0.5, 0.6) is 0 Å². The molecule has 0 spiro atoms. The van der Waals surface area contributed by atoms with Gasteiger partial charge in [-0.05, 0) is 196 Å². The standard InChI is InChI=1S/C17H18N2O6.C17H21NO6.C16H18ClNO6.C16H18FNO6/c1-10(20)16(22)7-14(13-5-3-12(9-18)4-6-13)8-17(23,11(2)21)15(16)19(24)25;1-10-4-6-13(7-5-10)14-8-16(21,11(2)19)15(18(23)24)17(22,9-14)12(3)20;2*1-9(19)15(21)7-12(11-3-5-13(17)6-4-11)8-16(22,10(2)20)14(15)18(23)24/h3-6,14-15,22-23H,7-8H2,1-2H3;4-7,14-15,21-22H,8-9H2,1-3H3;2*3-6,12,14,21-22H,7-8H2,1-2H3/t2*14?,15?,16-,17+;2*12?,14?,15-,16+. The molecule has 8 rings (SSSR count). The van der Waals surface area contributed by atoms with E-state index in [2.05, 4.69) is 0 Å². The summed E-state index contributed by atoms with van der Waals surface area (Å²) >= 11 is 5.83. The van der Waals surface area contributed by atoms with Gasteiger partial charge in [-0.25, -0.2) is 4.39 Å². The first-order valence-electron chi connectivity index (χ1n) is 30.1. The second-order valence-corrected chi connectivity index (χ2v) is 26.2. The number of halogens is 2. The molecule has 8 N–H and O–H groups in total. The number of carbonyl (C=O) groups excluding carboxylic acids is 8. The average Bonchev–Trinajstić information content (AvgIpc) is 0.757. The van der Waals surface area contributed by atoms with Crippen molar-refractivity contribution in [3.8, 4) is 6.07 Å². The Kier molecular flexibility index (Phi) is 24.0. The third-order valence-electron chi connectivity index (χ3n) is 19.5. The Morgan fingerprint density at radius 2 is 0.557 bits per heavy atom. The smallest absolute Gasteiger partial charge is 0.283 e. The van der Waals surface area contributed by atoms with Gasteiger partial charge in [-0.15, -0.1) is 0 Å². The van der Waals surface area contributed by atoms with E-state index in [-0.39, 0.29) is 51.4 Å². The summed E-state index contributed by atoms with van der Waals surface area (Å²) in [4.78, 5) is 138. The van der Waals surface area contributed by atoms with Crippen LogP contribution in [-0.2, 0) is 38.4 Å². The van der Waals surface area contributed by atoms with Crippen LogP contribution >= 0.6 is 11.6 Å². The Hall–Kier alpha value is -8.77. The maximum atomic E-state index is 13.1. The van der Waals surface area contributed by atoms with Crippen LogP contribution in [-0.4, -0.2) is 176 Å². The van der Waals surface area contributed by atoms with E-state index in [0.717, 1.165) is 73.1 Å². The predicted octanol–water partition coefficient (Wildman–Crippen LogP) is 4.37. The summed E-state index contributed by atoms with van der Waals surface area (Å²) in [5.74, 6) is -10.00. The van der Waals surface area contributed by atoms with E-state index < -0.39 is 164 Å². The van der Waals surface area contributed by atoms with Crippen LogP contribution in [0.3, 0.4) is 0 Å². The number of rotatable bonds is 16. The van der Waals surface area contributed by atoms with Crippen LogP contribution in [0.15, 0.2) is 97.1 Å². The van der Waals surface area contributed by atoms with Gasteiger partial charge in [0.2, 0.25) is 0 Å². The Balaban J connectivity index is 0.000000234. The van der Waals surface area contributed by atoms with Crippen molar-refractivity contribution >= 4 is 57.9 Å². The molecule has 97 heavy (non-hydrogen) atoms. The van der Waals surface area contributed by atoms with Crippen LogP contribution in [0.1, 0.15) is 164 Å². The van der Waals surface area contributed by atoms with Crippen molar-refractivity contribution in [2.45, 2.75) is 206 Å². The van der Waals surface area contributed by atoms with Crippen LogP contribution in [0.4, 0.5) is 4.39 Å². The van der Waals surface area contributed by atoms with E-state index in [4.69, 9.17) is 16.9 Å². The average molecular weight is 1380 g/mol. The maximum absolute atomic E-state index is 13.1. The number of aryl methyl sites for hydroxylation is 1. The van der Waals surface area contributed by atoms with Crippen LogP contribution in [0.25, 0.3) is 0 Å². The lowest BCUT2D eigenvalue weighted by molar-refractivity contribution is -0.564. The maximum Gasteiger partial charge on any atom is 0.283 e. The SMILES string of the molecule is CC(=O)[C@]1(O)CC(c2ccc(C#N)cc2)C[C@](O)(C(C)=O)C1[N+](=O)[O-].CC(=O)[C@]1(O)CC(c2ccc(C)cc2)C[C@](O)(C(C)=O)C1[N+](=O)[O-].CC(=O)[C@]1(O)CC(c2ccc(Cl)cc2)C[C@](O)(C(C)=O)C1[N+](=O)[O-].CC(=O)[C@]1(O)CC(c2ccc(F)cc2)C[C@](O)(C(C)=O)C1[N+](=O)[O-]. The lowest BCUT2D eigenvalue weighted by Crippen LogP contribution is -2.69. The molecule has 29 nitrogen and oxygen atoms in total. The van der Waals surface area contributed by atoms with Crippen molar-refractivity contribution < 1.29 is 103 Å². The van der Waals surface area contributed by atoms with Crippen molar-refractivity contribution in [1.82, 2.24) is 0 Å². The third kappa shape index (κ3) is 15.6. The molecule has 4 aliphatic carbocycles. The number of nitriles is 1. The highest BCUT2D eigenvalue weighted by molar-refractivity contribution is 6.30. The molecule has 31 heteroatoms. The van der Waals surface area contributed by atoms with E-state index in [0.29, 0.717) is 32.8 Å². The molecule has 0 amide bonds. The first kappa shape index (κ1) is 78.9. The minimum atomic E-state index is -2.50. The van der Waals surface area contributed by atoms with Gasteiger partial charge in [0.25, 0.3) is 24.2 Å². The molecule has 522 valence electrons. The zero-order valence-corrected chi connectivity index (χ0v) is 54.9. The van der Waals surface area contributed by atoms with Gasteiger partial charge in [-0.3, -0.25) is 78.8 Å². The van der Waals surface area contributed by atoms with Gasteiger partial charge in [0, 0.05) is 24.7 Å². The molecular weight excluding hydrogens is 1300 g/mol. The van der Waals surface area contributed by atoms with Gasteiger partial charge in [0.15, 0.2) is 91.1 Å². The summed E-state index contributed by atoms with van der Waals surface area (Å²) in [6.07, 6.45) is -2.22. The fourth-order valence-electron chi connectivity index (χ4n) is 13.9. The zero-order chi connectivity index (χ0) is 73.8. The molecule has 8 unspecified atom stereocenters. The Morgan fingerprint density at radius 3 is 0.732 bits per heavy atom. The van der Waals surface area contributed by atoms with Crippen molar-refractivity contribution in [3.63, 3.8) is 0 Å². The third-order valence-corrected chi connectivity index (χ3v) is 19.8. The highest BCUT2D eigenvalue weighted by Gasteiger charge is 2.71. The van der Waals surface area contributed by atoms with Gasteiger partial charge in [0.1, 0.15) is 5.82 Å². The largest absolute Gasteiger partial charge is 0.376 e. The molecule has 16 atom stereocenters. The highest BCUT2D eigenvalue weighted by Crippen LogP contribution is 2.50. The second kappa shape index (κ2) is 29.5. The quantitative estimate of drug-likeness (QED) is 0.0570. The number of nitro groups is 4. The molecule has 4 fully saturated rings. The molecule has 4 aromatic carbocycles. The van der Waals surface area contributed by atoms with Crippen molar-refractivity contribution in [2.24, 2.45) is 0 Å². The molecule has 0 bridgehead atoms. The molecule has 4 aromatic rings. The first-order valence-corrected chi connectivity index (χ1v) is 30.5. The molecule has 0 aliphatic heterocycles. The second-order valence-electron chi connectivity index (χ2n) is 25.8. The monoisotopic (exact) mass is 1380 g/mol. The Labute approximate surface area is 558 Å². The summed E-state index contributed by atoms with van der Waals surface area (Å²) in [5.41, 5.74) is -15.9. The van der Waals surface area contributed by atoms with E-state index in [1.165, 1.54) is 24.3 Å². The van der Waals surface area contributed by atoms with Crippen molar-refractivity contribution in [3.05, 3.63) is 182 Å². The van der Waals surface area contributed by atoms with E-state index in [1.807, 2.05) is 25.1 Å². The summed E-state index contributed by atoms with van der Waals surface area (Å²) < 4.78 is 13.1. The van der Waals surface area contributed by atoms with Gasteiger partial charge >= 0.3 is 0 Å². The molecule has 0 heterocycles. The van der Waals surface area contributed by atoms with Crippen LogP contribution in [0, 0.1) is 64.5 Å². The van der Waals surface area contributed by atoms with Crippen molar-refractivity contribution in [1.29, 1.82) is 5.26 Å². The van der Waals surface area contributed by atoms with Crippen LogP contribution in [0.2, 0.25) is 5.02 Å². The van der Waals surface area contributed by atoms with Gasteiger partial charge in [-0.1, -0.05) is 77.8 Å². The number of nitrogens with zero attached hydrogens (tertiary/aromatic N) is 5. The fraction of sp³-hybridized carbons (Fsp3) is 0.500. The van der Waals surface area contributed by atoms with Gasteiger partial charge in [-0.2, -0.15) is 5.26 Å². The van der Waals surface area contributed by atoms with E-state index in [1.54, 1.807) is 48.5 Å². The number of ketones is 8. The van der Waals surface area contributed by atoms with E-state index >= 15 is 0 Å². The molecule has 4 aliphatic rings. The highest BCUT2D eigenvalue weighted by atomic mass is 35.5. The number of benzene rings is 4. The Bertz CT molecular complexity index is 3410. The van der Waals surface area contributed by atoms with Crippen molar-refractivity contribution in [2.75, 3.05) is 0 Å². The lowest BCUT2D eigenvalue weighted by atomic mass is 9.62. The summed E-state index contributed by atoms with van der Waals surface area (Å²) in [5, 5.41) is 141. The number of Topliss-reactive ketones (excluding diaryl/α,β-unsaturated/α-hetero) is 8. The summed E-state index contributed by atoms with van der Waals surface area (Å²) in [6, 6.07) is 18.5. The molecular formula is C66H75ClFN5O24. The van der Waals surface area contributed by atoms with Crippen LogP contribution < -0.4 is 0 Å². The molecule has 4 saturated carbocycles. The lowest BCUT2D eigenvalue weighted by Gasteiger charge is -2.45. The summed E-state index contributed by atoms with van der Waals surface area (Å²) in [6.45, 7) is 9.95. The molecule has 0 radical (unpaired) electrons. The number of hydrogen-bond donors (Lipinski definition) is 8. The minimum Gasteiger partial charge on any atom is -0.376 e. The van der Waals surface area contributed by atoms with Gasteiger partial charge in [0.05, 0.1) is 11.6 Å². The zero-order valence-electron chi connectivity index (χ0n) is 54.1. The minimum absolute atomic E-state index is 0.216.